The van der Waals surface area contributed by atoms with Crippen LogP contribution in [0.1, 0.15) is 40.3 Å². The molecule has 7 aromatic rings. The summed E-state index contributed by atoms with van der Waals surface area (Å²) in [6.07, 6.45) is -3.90. The number of aromatic amines is 1. The number of aromatic nitrogens is 1. The van der Waals surface area contributed by atoms with Gasteiger partial charge in [-0.2, -0.15) is 13.2 Å². The Balaban J connectivity index is 1.28. The van der Waals surface area contributed by atoms with Gasteiger partial charge in [-0.25, -0.2) is 17.9 Å². The van der Waals surface area contributed by atoms with E-state index in [9.17, 15) is 31.5 Å². The van der Waals surface area contributed by atoms with E-state index in [1.54, 1.807) is 42.5 Å². The molecule has 0 radical (unpaired) electrons. The molecule has 1 atom stereocenters. The van der Waals surface area contributed by atoms with Crippen molar-refractivity contribution >= 4 is 42.7 Å². The van der Waals surface area contributed by atoms with Crippen molar-refractivity contribution in [1.82, 2.24) is 9.71 Å². The van der Waals surface area contributed by atoms with Gasteiger partial charge in [0.25, 0.3) is 0 Å². The number of hydrogen-bond donors (Lipinski definition) is 3. The van der Waals surface area contributed by atoms with E-state index in [-0.39, 0.29) is 33.7 Å². The lowest BCUT2D eigenvalue weighted by Crippen LogP contribution is -2.25. The number of para-hydroxylation sites is 2. The molecule has 0 aliphatic heterocycles. The van der Waals surface area contributed by atoms with Crippen LogP contribution in [-0.2, 0) is 22.6 Å². The average Bonchev–Trinajstić information content (AvgIpc) is 3.45. The number of aryl methyl sites for hydroxylation is 1. The lowest BCUT2D eigenvalue weighted by atomic mass is 9.85. The maximum absolute atomic E-state index is 13.6. The van der Waals surface area contributed by atoms with Gasteiger partial charge in [0, 0.05) is 23.1 Å². The van der Waals surface area contributed by atoms with Gasteiger partial charge in [-0.3, -0.25) is 0 Å². The Bertz CT molecular complexity index is 2500. The van der Waals surface area contributed by atoms with Crippen LogP contribution in [-0.4, -0.2) is 25.1 Å². The van der Waals surface area contributed by atoms with E-state index >= 15 is 0 Å². The number of benzene rings is 5. The summed E-state index contributed by atoms with van der Waals surface area (Å²) < 4.78 is 75.3. The van der Waals surface area contributed by atoms with E-state index in [1.807, 2.05) is 48.5 Å². The van der Waals surface area contributed by atoms with Gasteiger partial charge in [0.05, 0.1) is 27.3 Å². The zero-order chi connectivity index (χ0) is 34.3. The normalized spacial score (nSPS) is 13.0. The molecule has 11 heteroatoms. The first kappa shape index (κ1) is 32.2. The molecule has 0 saturated heterocycles. The summed E-state index contributed by atoms with van der Waals surface area (Å²) in [5.74, 6) is -1.40. The molecule has 248 valence electrons. The van der Waals surface area contributed by atoms with Gasteiger partial charge >= 0.3 is 11.8 Å². The zero-order valence-electron chi connectivity index (χ0n) is 25.8. The molecular formula is C38H29F3N2O5S. The highest BCUT2D eigenvalue weighted by atomic mass is 32.2. The number of nitrogens with one attached hydrogen (secondary N) is 2. The van der Waals surface area contributed by atoms with Crippen LogP contribution in [0.25, 0.3) is 32.6 Å². The third kappa shape index (κ3) is 6.18. The number of alkyl halides is 3. The minimum Gasteiger partial charge on any atom is -0.507 e. The quantitative estimate of drug-likeness (QED) is 0.105. The van der Waals surface area contributed by atoms with Gasteiger partial charge in [0.2, 0.25) is 10.0 Å². The molecule has 0 fully saturated rings. The molecular weight excluding hydrogens is 653 g/mol. The Hall–Kier alpha value is -5.39. The molecule has 0 bridgehead atoms. The largest absolute Gasteiger partial charge is 0.507 e. The summed E-state index contributed by atoms with van der Waals surface area (Å²) in [6.45, 7) is 0.0857. The van der Waals surface area contributed by atoms with Crippen molar-refractivity contribution in [2.24, 2.45) is 0 Å². The van der Waals surface area contributed by atoms with E-state index in [2.05, 4.69) is 9.71 Å². The van der Waals surface area contributed by atoms with Crippen molar-refractivity contribution in [3.63, 3.8) is 0 Å². The molecule has 0 amide bonds. The molecule has 5 aromatic carbocycles. The Labute approximate surface area is 278 Å². The summed E-state index contributed by atoms with van der Waals surface area (Å²) in [4.78, 5) is 17.1. The fourth-order valence-electron chi connectivity index (χ4n) is 6.37. The number of hydrogen-bond acceptors (Lipinski definition) is 5. The third-order valence-corrected chi connectivity index (χ3v) is 10.2. The van der Waals surface area contributed by atoms with Crippen LogP contribution in [0.4, 0.5) is 13.2 Å². The molecule has 7 nitrogen and oxygen atoms in total. The number of fused-ring (bicyclic) bond motifs is 3. The SMILES string of the molecule is O=c1oc2ccccc2c(O)c1C(c1ccc(C(F)(F)F)cc1)c1[nH]c2ccccc2c1CCCNS(=O)(=O)c1ccc2ccccc2c1. The lowest BCUT2D eigenvalue weighted by molar-refractivity contribution is -0.137. The molecule has 0 spiro atoms. The molecule has 0 aliphatic rings. The molecule has 2 aromatic heterocycles. The minimum atomic E-state index is -4.58. The second kappa shape index (κ2) is 12.6. The zero-order valence-corrected chi connectivity index (χ0v) is 26.6. The van der Waals surface area contributed by atoms with Gasteiger partial charge in [-0.15, -0.1) is 0 Å². The number of aromatic hydroxyl groups is 1. The first-order chi connectivity index (χ1) is 23.5. The van der Waals surface area contributed by atoms with Crippen molar-refractivity contribution in [1.29, 1.82) is 0 Å². The van der Waals surface area contributed by atoms with Crippen molar-refractivity contribution in [2.45, 2.75) is 29.8 Å². The minimum absolute atomic E-state index is 0.0857. The first-order valence-corrected chi connectivity index (χ1v) is 17.0. The topological polar surface area (TPSA) is 112 Å². The monoisotopic (exact) mass is 682 g/mol. The van der Waals surface area contributed by atoms with Gasteiger partial charge in [0.1, 0.15) is 11.3 Å². The highest BCUT2D eigenvalue weighted by Crippen LogP contribution is 2.42. The maximum atomic E-state index is 13.6. The summed E-state index contributed by atoms with van der Waals surface area (Å²) in [5.41, 5.74) is 0.531. The second-order valence-electron chi connectivity index (χ2n) is 11.8. The molecule has 2 heterocycles. The predicted molar refractivity (Wildman–Crippen MR) is 182 cm³/mol. The standard InChI is InChI=1S/C38H29F3N2O5S/c39-38(40,41)26-18-15-24(16-19-26)33(34-36(44)30-11-4-6-14-32(30)48-37(34)45)35-29(28-10-3-5-13-31(28)43-35)12-7-21-42-49(46,47)27-20-17-23-8-1-2-9-25(23)22-27/h1-6,8-11,13-20,22,33,42-44H,7,12,21H2. The molecule has 49 heavy (non-hydrogen) atoms. The van der Waals surface area contributed by atoms with Crippen LogP contribution in [0.5, 0.6) is 5.75 Å². The van der Waals surface area contributed by atoms with Crippen molar-refractivity contribution in [3.8, 4) is 5.75 Å². The third-order valence-electron chi connectivity index (χ3n) is 8.74. The van der Waals surface area contributed by atoms with E-state index in [0.29, 0.717) is 29.6 Å². The predicted octanol–water partition coefficient (Wildman–Crippen LogP) is 8.24. The molecule has 0 saturated carbocycles. The summed E-state index contributed by atoms with van der Waals surface area (Å²) >= 11 is 0. The van der Waals surface area contributed by atoms with Crippen LogP contribution in [0.3, 0.4) is 0 Å². The average molecular weight is 683 g/mol. The Morgan fingerprint density at radius 3 is 2.24 bits per heavy atom. The molecule has 1 unspecified atom stereocenters. The fourth-order valence-corrected chi connectivity index (χ4v) is 7.48. The van der Waals surface area contributed by atoms with Crippen LogP contribution >= 0.6 is 0 Å². The highest BCUT2D eigenvalue weighted by Gasteiger charge is 2.33. The number of H-pyrrole nitrogens is 1. The number of sulfonamides is 1. The van der Waals surface area contributed by atoms with Crippen LogP contribution in [0.2, 0.25) is 0 Å². The summed E-state index contributed by atoms with van der Waals surface area (Å²) in [5, 5.41) is 14.3. The van der Waals surface area contributed by atoms with Crippen LogP contribution in [0.15, 0.2) is 129 Å². The lowest BCUT2D eigenvalue weighted by Gasteiger charge is -2.20. The van der Waals surface area contributed by atoms with Crippen molar-refractivity contribution in [2.75, 3.05) is 6.54 Å². The smallest absolute Gasteiger partial charge is 0.416 e. The van der Waals surface area contributed by atoms with Gasteiger partial charge in [-0.05, 0) is 77.2 Å². The van der Waals surface area contributed by atoms with Gasteiger partial charge in [0.15, 0.2) is 0 Å². The van der Waals surface area contributed by atoms with Crippen molar-refractivity contribution in [3.05, 3.63) is 154 Å². The Morgan fingerprint density at radius 1 is 0.816 bits per heavy atom. The number of rotatable bonds is 9. The fraction of sp³-hybridized carbons (Fsp3) is 0.132. The van der Waals surface area contributed by atoms with Crippen molar-refractivity contribution < 1.29 is 31.1 Å². The van der Waals surface area contributed by atoms with E-state index in [1.165, 1.54) is 12.1 Å². The second-order valence-corrected chi connectivity index (χ2v) is 13.5. The van der Waals surface area contributed by atoms with Crippen LogP contribution < -0.4 is 10.3 Å². The molecule has 0 aliphatic carbocycles. The highest BCUT2D eigenvalue weighted by molar-refractivity contribution is 7.89. The van der Waals surface area contributed by atoms with Gasteiger partial charge in [-0.1, -0.05) is 72.8 Å². The Kier molecular flexibility index (Phi) is 8.25. The Morgan fingerprint density at radius 2 is 1.49 bits per heavy atom. The molecule has 3 N–H and O–H groups in total. The van der Waals surface area contributed by atoms with E-state index in [0.717, 1.165) is 33.9 Å². The van der Waals surface area contributed by atoms with Crippen LogP contribution in [0, 0.1) is 0 Å². The molecule has 7 rings (SSSR count). The summed E-state index contributed by atoms with van der Waals surface area (Å²) in [6, 6.07) is 30.6. The maximum Gasteiger partial charge on any atom is 0.416 e. The number of halogens is 3. The first-order valence-electron chi connectivity index (χ1n) is 15.5. The van der Waals surface area contributed by atoms with E-state index < -0.39 is 33.3 Å². The van der Waals surface area contributed by atoms with E-state index in [4.69, 9.17) is 4.42 Å². The van der Waals surface area contributed by atoms with Gasteiger partial charge < -0.3 is 14.5 Å². The summed E-state index contributed by atoms with van der Waals surface area (Å²) in [7, 11) is -3.83.